The summed E-state index contributed by atoms with van der Waals surface area (Å²) in [5.41, 5.74) is 2.20. The largest absolute Gasteiger partial charge is 0.490 e. The van der Waals surface area contributed by atoms with Gasteiger partial charge in [-0.1, -0.05) is 0 Å². The Morgan fingerprint density at radius 2 is 1.89 bits per heavy atom. The van der Waals surface area contributed by atoms with E-state index in [4.69, 9.17) is 9.47 Å². The van der Waals surface area contributed by atoms with Crippen LogP contribution < -0.4 is 9.47 Å². The number of hydrogen-bond donors (Lipinski definition) is 0. The average molecular weight is 261 g/mol. The summed E-state index contributed by atoms with van der Waals surface area (Å²) in [6, 6.07) is 6.05. The third-order valence-corrected chi connectivity index (χ3v) is 4.14. The quantitative estimate of drug-likeness (QED) is 0.786. The van der Waals surface area contributed by atoms with Crippen LogP contribution >= 0.6 is 11.3 Å². The molecule has 0 bridgehead atoms. The zero-order valence-electron chi connectivity index (χ0n) is 10.5. The smallest absolute Gasteiger partial charge is 0.161 e. The van der Waals surface area contributed by atoms with Crippen LogP contribution in [-0.2, 0) is 0 Å². The summed E-state index contributed by atoms with van der Waals surface area (Å²) in [5.74, 6) is 1.66. The Bertz CT molecular complexity index is 558. The highest BCUT2D eigenvalue weighted by atomic mass is 32.1. The summed E-state index contributed by atoms with van der Waals surface area (Å²) in [7, 11) is 0. The summed E-state index contributed by atoms with van der Waals surface area (Å²) in [5, 5.41) is 1.04. The number of benzene rings is 1. The molecule has 0 spiro atoms. The molecule has 0 saturated carbocycles. The first-order chi connectivity index (χ1) is 8.74. The van der Waals surface area contributed by atoms with Gasteiger partial charge >= 0.3 is 0 Å². The number of ether oxygens (including phenoxy) is 2. The SMILES string of the molecule is Cc1nc(-c2ccc3c(c2)OCCCO3)sc1C. The fourth-order valence-corrected chi connectivity index (χ4v) is 2.80. The molecule has 2 heterocycles. The minimum absolute atomic E-state index is 0.715. The van der Waals surface area contributed by atoms with E-state index in [9.17, 15) is 0 Å². The van der Waals surface area contributed by atoms with Crippen LogP contribution in [0, 0.1) is 13.8 Å². The summed E-state index contributed by atoms with van der Waals surface area (Å²) in [4.78, 5) is 5.84. The number of aryl methyl sites for hydroxylation is 2. The van der Waals surface area contributed by atoms with Gasteiger partial charge in [-0.25, -0.2) is 4.98 Å². The molecule has 0 saturated heterocycles. The molecule has 0 atom stereocenters. The van der Waals surface area contributed by atoms with Gasteiger partial charge in [0.15, 0.2) is 11.5 Å². The summed E-state index contributed by atoms with van der Waals surface area (Å²) in [6.45, 7) is 5.58. The Morgan fingerprint density at radius 1 is 1.11 bits per heavy atom. The molecular formula is C14H15NO2S. The Labute approximate surface area is 110 Å². The fraction of sp³-hybridized carbons (Fsp3) is 0.357. The molecule has 1 aromatic heterocycles. The van der Waals surface area contributed by atoms with Crippen molar-refractivity contribution in [3.8, 4) is 22.1 Å². The second-order valence-electron chi connectivity index (χ2n) is 4.37. The average Bonchev–Trinajstić information content (AvgIpc) is 2.60. The van der Waals surface area contributed by atoms with Gasteiger partial charge in [0.2, 0.25) is 0 Å². The van der Waals surface area contributed by atoms with E-state index in [1.165, 1.54) is 4.88 Å². The van der Waals surface area contributed by atoms with Crippen LogP contribution in [0.2, 0.25) is 0 Å². The number of rotatable bonds is 1. The van der Waals surface area contributed by atoms with Crippen LogP contribution in [0.5, 0.6) is 11.5 Å². The lowest BCUT2D eigenvalue weighted by atomic mass is 10.2. The molecule has 4 heteroatoms. The molecule has 1 aliphatic heterocycles. The molecule has 0 unspecified atom stereocenters. The van der Waals surface area contributed by atoms with Gasteiger partial charge in [0.25, 0.3) is 0 Å². The van der Waals surface area contributed by atoms with Crippen molar-refractivity contribution in [2.24, 2.45) is 0 Å². The fourth-order valence-electron chi connectivity index (χ4n) is 1.89. The van der Waals surface area contributed by atoms with E-state index < -0.39 is 0 Å². The third-order valence-electron chi connectivity index (χ3n) is 3.02. The van der Waals surface area contributed by atoms with Gasteiger partial charge in [-0.15, -0.1) is 11.3 Å². The van der Waals surface area contributed by atoms with Gasteiger partial charge in [-0.3, -0.25) is 0 Å². The highest BCUT2D eigenvalue weighted by Gasteiger charge is 2.13. The Morgan fingerprint density at radius 3 is 2.61 bits per heavy atom. The van der Waals surface area contributed by atoms with Crippen molar-refractivity contribution < 1.29 is 9.47 Å². The lowest BCUT2D eigenvalue weighted by Crippen LogP contribution is -1.97. The maximum Gasteiger partial charge on any atom is 0.161 e. The van der Waals surface area contributed by atoms with Gasteiger partial charge in [-0.05, 0) is 32.0 Å². The monoisotopic (exact) mass is 261 g/mol. The Balaban J connectivity index is 2.01. The number of aromatic nitrogens is 1. The second kappa shape index (κ2) is 4.61. The maximum atomic E-state index is 5.70. The van der Waals surface area contributed by atoms with E-state index in [2.05, 4.69) is 11.9 Å². The van der Waals surface area contributed by atoms with Crippen LogP contribution in [-0.4, -0.2) is 18.2 Å². The van der Waals surface area contributed by atoms with Crippen LogP contribution in [0.4, 0.5) is 0 Å². The van der Waals surface area contributed by atoms with Crippen molar-refractivity contribution in [2.45, 2.75) is 20.3 Å². The normalized spacial score (nSPS) is 14.3. The maximum absolute atomic E-state index is 5.70. The van der Waals surface area contributed by atoms with Crippen molar-refractivity contribution in [3.63, 3.8) is 0 Å². The molecule has 3 nitrogen and oxygen atoms in total. The predicted molar refractivity (Wildman–Crippen MR) is 72.6 cm³/mol. The van der Waals surface area contributed by atoms with Crippen LogP contribution in [0.25, 0.3) is 10.6 Å². The number of hydrogen-bond acceptors (Lipinski definition) is 4. The van der Waals surface area contributed by atoms with Crippen molar-refractivity contribution in [1.29, 1.82) is 0 Å². The zero-order valence-corrected chi connectivity index (χ0v) is 11.3. The predicted octanol–water partition coefficient (Wildman–Crippen LogP) is 3.59. The highest BCUT2D eigenvalue weighted by molar-refractivity contribution is 7.15. The van der Waals surface area contributed by atoms with E-state index in [0.29, 0.717) is 6.61 Å². The third kappa shape index (κ3) is 2.08. The molecule has 3 rings (SSSR count). The van der Waals surface area contributed by atoms with Crippen LogP contribution in [0.3, 0.4) is 0 Å². The first kappa shape index (κ1) is 11.5. The molecule has 2 aromatic rings. The van der Waals surface area contributed by atoms with Crippen molar-refractivity contribution in [3.05, 3.63) is 28.8 Å². The Kier molecular flexibility index (Phi) is 2.96. The molecule has 0 aliphatic carbocycles. The molecule has 0 fully saturated rings. The molecule has 0 N–H and O–H groups in total. The first-order valence-electron chi connectivity index (χ1n) is 6.08. The summed E-state index contributed by atoms with van der Waals surface area (Å²) >= 11 is 1.72. The molecule has 18 heavy (non-hydrogen) atoms. The van der Waals surface area contributed by atoms with Gasteiger partial charge in [0, 0.05) is 16.9 Å². The van der Waals surface area contributed by atoms with Gasteiger partial charge < -0.3 is 9.47 Å². The topological polar surface area (TPSA) is 31.4 Å². The lowest BCUT2D eigenvalue weighted by Gasteiger charge is -2.07. The van der Waals surface area contributed by atoms with Crippen molar-refractivity contribution >= 4 is 11.3 Å². The molecule has 1 aliphatic rings. The van der Waals surface area contributed by atoms with Crippen LogP contribution in [0.15, 0.2) is 18.2 Å². The lowest BCUT2D eigenvalue weighted by molar-refractivity contribution is 0.297. The molecular weight excluding hydrogens is 246 g/mol. The highest BCUT2D eigenvalue weighted by Crippen LogP contribution is 2.36. The Hall–Kier alpha value is -1.55. The molecule has 1 aromatic carbocycles. The number of nitrogens with zero attached hydrogens (tertiary/aromatic N) is 1. The van der Waals surface area contributed by atoms with E-state index in [-0.39, 0.29) is 0 Å². The van der Waals surface area contributed by atoms with Crippen molar-refractivity contribution in [2.75, 3.05) is 13.2 Å². The number of fused-ring (bicyclic) bond motifs is 1. The van der Waals surface area contributed by atoms with E-state index in [0.717, 1.165) is 40.8 Å². The summed E-state index contributed by atoms with van der Waals surface area (Å²) in [6.07, 6.45) is 0.930. The number of thiazole rings is 1. The van der Waals surface area contributed by atoms with E-state index in [1.54, 1.807) is 11.3 Å². The second-order valence-corrected chi connectivity index (χ2v) is 5.58. The molecule has 0 amide bonds. The van der Waals surface area contributed by atoms with E-state index in [1.807, 2.05) is 25.1 Å². The minimum atomic E-state index is 0.715. The van der Waals surface area contributed by atoms with Gasteiger partial charge in [0.1, 0.15) is 5.01 Å². The van der Waals surface area contributed by atoms with Crippen molar-refractivity contribution in [1.82, 2.24) is 4.98 Å². The molecule has 0 radical (unpaired) electrons. The zero-order chi connectivity index (χ0) is 12.5. The van der Waals surface area contributed by atoms with E-state index >= 15 is 0 Å². The van der Waals surface area contributed by atoms with Gasteiger partial charge in [0.05, 0.1) is 18.9 Å². The molecule has 94 valence electrons. The standard InChI is InChI=1S/C14H15NO2S/c1-9-10(2)18-14(15-9)11-4-5-12-13(8-11)17-7-3-6-16-12/h4-5,8H,3,6-7H2,1-2H3. The minimum Gasteiger partial charge on any atom is -0.490 e. The first-order valence-corrected chi connectivity index (χ1v) is 6.90. The van der Waals surface area contributed by atoms with Crippen LogP contribution in [0.1, 0.15) is 17.0 Å². The summed E-state index contributed by atoms with van der Waals surface area (Å²) < 4.78 is 11.3. The van der Waals surface area contributed by atoms with Gasteiger partial charge in [-0.2, -0.15) is 0 Å².